The molecule has 3 rings (SSSR count). The Bertz CT molecular complexity index is 620. The van der Waals surface area contributed by atoms with Crippen LogP contribution in [0.15, 0.2) is 34.9 Å². The van der Waals surface area contributed by atoms with Crippen LogP contribution in [-0.4, -0.2) is 28.6 Å². The molecule has 22 heavy (non-hydrogen) atoms. The van der Waals surface area contributed by atoms with Gasteiger partial charge in [-0.1, -0.05) is 35.5 Å². The van der Waals surface area contributed by atoms with Crippen LogP contribution in [0.3, 0.4) is 0 Å². The molecule has 2 unspecified atom stereocenters. The highest BCUT2D eigenvalue weighted by molar-refractivity contribution is 5.82. The summed E-state index contributed by atoms with van der Waals surface area (Å²) in [5, 5.41) is 10.1. The highest BCUT2D eigenvalue weighted by Gasteiger charge is 2.24. The molecule has 1 amide bonds. The van der Waals surface area contributed by atoms with E-state index in [1.165, 1.54) is 0 Å². The van der Waals surface area contributed by atoms with Crippen LogP contribution in [0, 0.1) is 0 Å². The summed E-state index contributed by atoms with van der Waals surface area (Å²) in [7, 11) is 0. The fourth-order valence-electron chi connectivity index (χ4n) is 2.57. The number of nitrogens with one attached hydrogen (secondary N) is 2. The Kier molecular flexibility index (Phi) is 4.48. The number of aromatic nitrogens is 2. The molecule has 0 radical (unpaired) electrons. The van der Waals surface area contributed by atoms with Gasteiger partial charge in [0.1, 0.15) is 0 Å². The zero-order valence-corrected chi connectivity index (χ0v) is 12.6. The minimum atomic E-state index is -0.261. The number of hydrogen-bond donors (Lipinski definition) is 2. The molecule has 1 aromatic carbocycles. The summed E-state index contributed by atoms with van der Waals surface area (Å²) in [4.78, 5) is 16.4. The van der Waals surface area contributed by atoms with Gasteiger partial charge in [-0.05, 0) is 31.9 Å². The fraction of sp³-hybridized carbons (Fsp3) is 0.438. The van der Waals surface area contributed by atoms with Crippen molar-refractivity contribution in [3.05, 3.63) is 47.6 Å². The van der Waals surface area contributed by atoms with Crippen LogP contribution in [0.25, 0.3) is 0 Å². The number of hydrogen-bond acceptors (Lipinski definition) is 5. The third kappa shape index (κ3) is 3.51. The van der Waals surface area contributed by atoms with E-state index in [-0.39, 0.29) is 18.0 Å². The maximum atomic E-state index is 12.1. The largest absolute Gasteiger partial charge is 0.345 e. The lowest BCUT2D eigenvalue weighted by atomic mass is 10.1. The zero-order chi connectivity index (χ0) is 15.4. The first-order valence-corrected chi connectivity index (χ1v) is 7.62. The molecule has 116 valence electrons. The van der Waals surface area contributed by atoms with Crippen LogP contribution in [0.2, 0.25) is 0 Å². The predicted octanol–water partition coefficient (Wildman–Crippen LogP) is 1.59. The molecule has 1 aliphatic heterocycles. The van der Waals surface area contributed by atoms with Crippen molar-refractivity contribution in [1.82, 2.24) is 20.8 Å². The van der Waals surface area contributed by atoms with Crippen molar-refractivity contribution in [1.29, 1.82) is 0 Å². The van der Waals surface area contributed by atoms with Crippen LogP contribution in [-0.2, 0) is 11.2 Å². The molecule has 2 N–H and O–H groups in total. The van der Waals surface area contributed by atoms with Gasteiger partial charge in [0.15, 0.2) is 5.82 Å². The summed E-state index contributed by atoms with van der Waals surface area (Å²) in [5.74, 6) is 1.07. The number of nitrogens with zero attached hydrogens (tertiary/aromatic N) is 2. The predicted molar refractivity (Wildman–Crippen MR) is 81.1 cm³/mol. The molecule has 0 aliphatic carbocycles. The summed E-state index contributed by atoms with van der Waals surface area (Å²) >= 11 is 0. The standard InChI is InChI=1S/C16H20N4O2/c1-11(18-16(21)13-8-5-9-17-13)15-19-14(22-20-15)10-12-6-3-2-4-7-12/h2-4,6-7,11,13,17H,5,8-10H2,1H3,(H,18,21). The molecule has 2 heterocycles. The minimum absolute atomic E-state index is 0.000547. The highest BCUT2D eigenvalue weighted by Crippen LogP contribution is 2.13. The number of carbonyl (C=O) groups is 1. The molecular weight excluding hydrogens is 280 g/mol. The van der Waals surface area contributed by atoms with Crippen molar-refractivity contribution < 1.29 is 9.32 Å². The fourth-order valence-corrected chi connectivity index (χ4v) is 2.57. The van der Waals surface area contributed by atoms with Crippen molar-refractivity contribution in [2.75, 3.05) is 6.54 Å². The molecule has 6 heteroatoms. The maximum Gasteiger partial charge on any atom is 0.237 e. The van der Waals surface area contributed by atoms with Gasteiger partial charge in [0, 0.05) is 0 Å². The molecule has 1 aromatic heterocycles. The van der Waals surface area contributed by atoms with Crippen molar-refractivity contribution in [3.8, 4) is 0 Å². The Hall–Kier alpha value is -2.21. The van der Waals surface area contributed by atoms with E-state index in [1.54, 1.807) is 0 Å². The van der Waals surface area contributed by atoms with Gasteiger partial charge in [-0.3, -0.25) is 4.79 Å². The van der Waals surface area contributed by atoms with E-state index in [4.69, 9.17) is 4.52 Å². The average Bonchev–Trinajstić information content (AvgIpc) is 3.19. The van der Waals surface area contributed by atoms with Gasteiger partial charge in [-0.25, -0.2) is 0 Å². The second-order valence-electron chi connectivity index (χ2n) is 5.59. The van der Waals surface area contributed by atoms with E-state index < -0.39 is 0 Å². The Morgan fingerprint density at radius 1 is 1.45 bits per heavy atom. The lowest BCUT2D eigenvalue weighted by Gasteiger charge is -2.14. The smallest absolute Gasteiger partial charge is 0.237 e. The summed E-state index contributed by atoms with van der Waals surface area (Å²) in [6.07, 6.45) is 2.51. The maximum absolute atomic E-state index is 12.1. The average molecular weight is 300 g/mol. The Morgan fingerprint density at radius 2 is 2.27 bits per heavy atom. The number of benzene rings is 1. The minimum Gasteiger partial charge on any atom is -0.345 e. The third-order valence-corrected chi connectivity index (χ3v) is 3.80. The van der Waals surface area contributed by atoms with Crippen LogP contribution < -0.4 is 10.6 Å². The van der Waals surface area contributed by atoms with E-state index in [0.29, 0.717) is 18.1 Å². The van der Waals surface area contributed by atoms with Crippen LogP contribution in [0.4, 0.5) is 0 Å². The second kappa shape index (κ2) is 6.70. The molecule has 0 saturated carbocycles. The summed E-state index contributed by atoms with van der Waals surface area (Å²) in [6, 6.07) is 9.59. The molecule has 0 spiro atoms. The molecule has 1 aliphatic rings. The van der Waals surface area contributed by atoms with Crippen molar-refractivity contribution >= 4 is 5.91 Å². The van der Waals surface area contributed by atoms with E-state index >= 15 is 0 Å². The molecule has 1 fully saturated rings. The van der Waals surface area contributed by atoms with Crippen LogP contribution in [0.5, 0.6) is 0 Å². The summed E-state index contributed by atoms with van der Waals surface area (Å²) in [5.41, 5.74) is 1.12. The summed E-state index contributed by atoms with van der Waals surface area (Å²) < 4.78 is 5.27. The van der Waals surface area contributed by atoms with Gasteiger partial charge in [0.05, 0.1) is 18.5 Å². The summed E-state index contributed by atoms with van der Waals surface area (Å²) in [6.45, 7) is 2.76. The Morgan fingerprint density at radius 3 is 3.00 bits per heavy atom. The monoisotopic (exact) mass is 300 g/mol. The second-order valence-corrected chi connectivity index (χ2v) is 5.59. The van der Waals surface area contributed by atoms with E-state index in [1.807, 2.05) is 37.3 Å². The normalized spacial score (nSPS) is 19.0. The molecular formula is C16H20N4O2. The number of amides is 1. The van der Waals surface area contributed by atoms with Crippen molar-refractivity contribution in [2.45, 2.75) is 38.3 Å². The number of rotatable bonds is 5. The SMILES string of the molecule is CC(NC(=O)C1CCCN1)c1noc(Cc2ccccc2)n1. The van der Waals surface area contributed by atoms with Crippen LogP contribution >= 0.6 is 0 Å². The lowest BCUT2D eigenvalue weighted by Crippen LogP contribution is -2.41. The van der Waals surface area contributed by atoms with Gasteiger partial charge < -0.3 is 15.2 Å². The van der Waals surface area contributed by atoms with Crippen molar-refractivity contribution in [3.63, 3.8) is 0 Å². The lowest BCUT2D eigenvalue weighted by molar-refractivity contribution is -0.123. The highest BCUT2D eigenvalue weighted by atomic mass is 16.5. The molecule has 6 nitrogen and oxygen atoms in total. The van der Waals surface area contributed by atoms with Gasteiger partial charge >= 0.3 is 0 Å². The van der Waals surface area contributed by atoms with Gasteiger partial charge in [0.25, 0.3) is 0 Å². The topological polar surface area (TPSA) is 80.0 Å². The van der Waals surface area contributed by atoms with Gasteiger partial charge in [-0.15, -0.1) is 0 Å². The molecule has 2 aromatic rings. The first-order chi connectivity index (χ1) is 10.7. The van der Waals surface area contributed by atoms with Crippen molar-refractivity contribution in [2.24, 2.45) is 0 Å². The first kappa shape index (κ1) is 14.7. The quantitative estimate of drug-likeness (QED) is 0.876. The number of carbonyl (C=O) groups excluding carboxylic acids is 1. The van der Waals surface area contributed by atoms with E-state index in [0.717, 1.165) is 24.9 Å². The van der Waals surface area contributed by atoms with Gasteiger partial charge in [0.2, 0.25) is 11.8 Å². The zero-order valence-electron chi connectivity index (χ0n) is 12.6. The molecule has 0 bridgehead atoms. The third-order valence-electron chi connectivity index (χ3n) is 3.80. The first-order valence-electron chi connectivity index (χ1n) is 7.62. The molecule has 1 saturated heterocycles. The van der Waals surface area contributed by atoms with Gasteiger partial charge in [-0.2, -0.15) is 4.98 Å². The van der Waals surface area contributed by atoms with E-state index in [2.05, 4.69) is 20.8 Å². The Balaban J connectivity index is 1.59. The van der Waals surface area contributed by atoms with E-state index in [9.17, 15) is 4.79 Å². The van der Waals surface area contributed by atoms with Crippen LogP contribution in [0.1, 0.15) is 43.1 Å². The molecule has 2 atom stereocenters. The Labute approximate surface area is 129 Å².